The number of benzene rings is 2. The maximum Gasteiger partial charge on any atom is 0.272 e. The summed E-state index contributed by atoms with van der Waals surface area (Å²) in [5, 5.41) is 7.25. The van der Waals surface area contributed by atoms with Gasteiger partial charge in [-0.05, 0) is 35.7 Å². The number of rotatable bonds is 6. The minimum atomic E-state index is -0.0909. The predicted octanol–water partition coefficient (Wildman–Crippen LogP) is 4.62. The van der Waals surface area contributed by atoms with E-state index in [2.05, 4.69) is 34.2 Å². The number of nitrogens with zero attached hydrogens (tertiary/aromatic N) is 3. The van der Waals surface area contributed by atoms with Crippen LogP contribution < -0.4 is 0 Å². The number of aromatic amines is 1. The summed E-state index contributed by atoms with van der Waals surface area (Å²) in [4.78, 5) is 19.3. The lowest BCUT2D eigenvalue weighted by Crippen LogP contribution is -2.30. The molecule has 4 aromatic rings. The van der Waals surface area contributed by atoms with E-state index >= 15 is 0 Å². The molecule has 0 aliphatic rings. The molecule has 29 heavy (non-hydrogen) atoms. The zero-order chi connectivity index (χ0) is 20.1. The van der Waals surface area contributed by atoms with Gasteiger partial charge in [0.25, 0.3) is 5.91 Å². The predicted molar refractivity (Wildman–Crippen MR) is 113 cm³/mol. The second-order valence-corrected chi connectivity index (χ2v) is 6.98. The molecule has 0 radical (unpaired) electrons. The zero-order valence-electron chi connectivity index (χ0n) is 16.2. The van der Waals surface area contributed by atoms with E-state index in [1.165, 1.54) is 0 Å². The third kappa shape index (κ3) is 4.41. The van der Waals surface area contributed by atoms with Crippen molar-refractivity contribution < 1.29 is 4.79 Å². The molecule has 0 aliphatic heterocycles. The minimum Gasteiger partial charge on any atom is -0.329 e. The van der Waals surface area contributed by atoms with Gasteiger partial charge in [0.2, 0.25) is 0 Å². The Morgan fingerprint density at radius 3 is 2.52 bits per heavy atom. The Balaban J connectivity index is 1.62. The summed E-state index contributed by atoms with van der Waals surface area (Å²) >= 11 is 0. The summed E-state index contributed by atoms with van der Waals surface area (Å²) in [6.45, 7) is 3.05. The normalized spacial score (nSPS) is 10.7. The highest BCUT2D eigenvalue weighted by atomic mass is 16.2. The molecule has 2 aromatic carbocycles. The van der Waals surface area contributed by atoms with E-state index in [9.17, 15) is 4.79 Å². The molecule has 0 aliphatic carbocycles. The van der Waals surface area contributed by atoms with Crippen molar-refractivity contribution in [1.29, 1.82) is 0 Å². The van der Waals surface area contributed by atoms with E-state index in [-0.39, 0.29) is 5.91 Å². The van der Waals surface area contributed by atoms with Gasteiger partial charge in [0.15, 0.2) is 0 Å². The maximum absolute atomic E-state index is 13.3. The van der Waals surface area contributed by atoms with Crippen LogP contribution in [0.3, 0.4) is 0 Å². The summed E-state index contributed by atoms with van der Waals surface area (Å²) in [6.07, 6.45) is 3.53. The van der Waals surface area contributed by atoms with Gasteiger partial charge in [-0.2, -0.15) is 5.10 Å². The van der Waals surface area contributed by atoms with Gasteiger partial charge in [-0.15, -0.1) is 0 Å². The Morgan fingerprint density at radius 2 is 1.76 bits per heavy atom. The topological polar surface area (TPSA) is 61.9 Å². The van der Waals surface area contributed by atoms with Crippen LogP contribution in [0.4, 0.5) is 0 Å². The first-order chi connectivity index (χ1) is 14.2. The molecule has 0 fully saturated rings. The first-order valence-electron chi connectivity index (χ1n) is 9.54. The third-order valence-corrected chi connectivity index (χ3v) is 4.88. The fourth-order valence-electron chi connectivity index (χ4n) is 3.26. The highest BCUT2D eigenvalue weighted by Gasteiger charge is 2.20. The van der Waals surface area contributed by atoms with Crippen LogP contribution in [0.1, 0.15) is 27.2 Å². The third-order valence-electron chi connectivity index (χ3n) is 4.88. The van der Waals surface area contributed by atoms with Gasteiger partial charge >= 0.3 is 0 Å². The minimum absolute atomic E-state index is 0.0909. The van der Waals surface area contributed by atoms with Gasteiger partial charge in [-0.1, -0.05) is 60.7 Å². The average Bonchev–Trinajstić information content (AvgIpc) is 3.26. The number of aryl methyl sites for hydroxylation is 1. The molecule has 5 heteroatoms. The molecule has 0 saturated heterocycles. The fourth-order valence-corrected chi connectivity index (χ4v) is 3.26. The summed E-state index contributed by atoms with van der Waals surface area (Å²) in [6, 6.07) is 23.6. The van der Waals surface area contributed by atoms with Crippen molar-refractivity contribution in [2.24, 2.45) is 0 Å². The highest BCUT2D eigenvalue weighted by Crippen LogP contribution is 2.20. The van der Waals surface area contributed by atoms with Crippen LogP contribution >= 0.6 is 0 Å². The number of carbonyl (C=O) groups excluding carboxylic acids is 1. The van der Waals surface area contributed by atoms with Gasteiger partial charge in [0.1, 0.15) is 5.69 Å². The van der Waals surface area contributed by atoms with E-state index < -0.39 is 0 Å². The molecule has 0 bridgehead atoms. The molecule has 1 amide bonds. The lowest BCUT2D eigenvalue weighted by Gasteiger charge is -2.23. The van der Waals surface area contributed by atoms with Crippen LogP contribution in [0.2, 0.25) is 0 Å². The lowest BCUT2D eigenvalue weighted by molar-refractivity contribution is 0.0723. The largest absolute Gasteiger partial charge is 0.329 e. The van der Waals surface area contributed by atoms with E-state index in [0.29, 0.717) is 18.8 Å². The SMILES string of the molecule is Cc1ccccc1CN(Cc1cccnc1)C(=O)c1cc(-c2ccccc2)n[nH]1. The Labute approximate surface area is 170 Å². The molecule has 5 nitrogen and oxygen atoms in total. The summed E-state index contributed by atoms with van der Waals surface area (Å²) in [5.41, 5.74) is 5.46. The van der Waals surface area contributed by atoms with Gasteiger partial charge in [-0.3, -0.25) is 14.9 Å². The first kappa shape index (κ1) is 18.6. The molecule has 0 spiro atoms. The standard InChI is InChI=1S/C24H22N4O/c1-18-8-5-6-12-21(18)17-28(16-19-9-7-13-25-15-19)24(29)23-14-22(26-27-23)20-10-3-2-4-11-20/h2-15H,16-17H2,1H3,(H,26,27). The number of aromatic nitrogens is 3. The molecule has 1 N–H and O–H groups in total. The molecular weight excluding hydrogens is 360 g/mol. The molecule has 0 atom stereocenters. The van der Waals surface area contributed by atoms with Gasteiger partial charge in [0, 0.05) is 31.0 Å². The molecule has 144 valence electrons. The van der Waals surface area contributed by atoms with E-state index in [0.717, 1.165) is 27.9 Å². The molecule has 0 saturated carbocycles. The van der Waals surface area contributed by atoms with Crippen molar-refractivity contribution in [3.8, 4) is 11.3 Å². The van der Waals surface area contributed by atoms with E-state index in [1.54, 1.807) is 12.4 Å². The van der Waals surface area contributed by atoms with Crippen LogP contribution in [0.25, 0.3) is 11.3 Å². The fraction of sp³-hybridized carbons (Fsp3) is 0.125. The number of pyridine rings is 1. The van der Waals surface area contributed by atoms with Crippen molar-refractivity contribution >= 4 is 5.91 Å². The average molecular weight is 382 g/mol. The Morgan fingerprint density at radius 1 is 0.966 bits per heavy atom. The summed E-state index contributed by atoms with van der Waals surface area (Å²) < 4.78 is 0. The van der Waals surface area contributed by atoms with Crippen molar-refractivity contribution in [1.82, 2.24) is 20.1 Å². The van der Waals surface area contributed by atoms with E-state index in [4.69, 9.17) is 0 Å². The number of nitrogens with one attached hydrogen (secondary N) is 1. The second-order valence-electron chi connectivity index (χ2n) is 6.98. The molecule has 4 rings (SSSR count). The van der Waals surface area contributed by atoms with Gasteiger partial charge in [-0.25, -0.2) is 0 Å². The first-order valence-corrected chi connectivity index (χ1v) is 9.54. The smallest absolute Gasteiger partial charge is 0.272 e. The Hall–Kier alpha value is -3.73. The maximum atomic E-state index is 13.3. The molecule has 2 heterocycles. The van der Waals surface area contributed by atoms with Crippen molar-refractivity contribution in [3.05, 3.63) is 108 Å². The number of amides is 1. The Bertz CT molecular complexity index is 1090. The van der Waals surface area contributed by atoms with Gasteiger partial charge < -0.3 is 4.90 Å². The van der Waals surface area contributed by atoms with Crippen molar-refractivity contribution in [2.45, 2.75) is 20.0 Å². The molecular formula is C24H22N4O. The van der Waals surface area contributed by atoms with Crippen LogP contribution in [0, 0.1) is 6.92 Å². The van der Waals surface area contributed by atoms with E-state index in [1.807, 2.05) is 65.6 Å². The van der Waals surface area contributed by atoms with Crippen LogP contribution in [-0.2, 0) is 13.1 Å². The number of carbonyl (C=O) groups is 1. The second kappa shape index (κ2) is 8.52. The lowest BCUT2D eigenvalue weighted by atomic mass is 10.1. The number of hydrogen-bond donors (Lipinski definition) is 1. The molecule has 0 unspecified atom stereocenters. The van der Waals surface area contributed by atoms with Crippen LogP contribution in [0.15, 0.2) is 85.2 Å². The number of H-pyrrole nitrogens is 1. The quantitative estimate of drug-likeness (QED) is 0.529. The van der Waals surface area contributed by atoms with Crippen LogP contribution in [-0.4, -0.2) is 26.0 Å². The molecule has 2 aromatic heterocycles. The van der Waals surface area contributed by atoms with Gasteiger partial charge in [0.05, 0.1) is 5.69 Å². The van der Waals surface area contributed by atoms with Crippen molar-refractivity contribution in [3.63, 3.8) is 0 Å². The number of hydrogen-bond acceptors (Lipinski definition) is 3. The highest BCUT2D eigenvalue weighted by molar-refractivity contribution is 5.93. The Kier molecular flexibility index (Phi) is 5.47. The summed E-state index contributed by atoms with van der Waals surface area (Å²) in [5.74, 6) is -0.0909. The van der Waals surface area contributed by atoms with Crippen molar-refractivity contribution in [2.75, 3.05) is 0 Å². The monoisotopic (exact) mass is 382 g/mol. The summed E-state index contributed by atoms with van der Waals surface area (Å²) in [7, 11) is 0. The zero-order valence-corrected chi connectivity index (χ0v) is 16.2. The van der Waals surface area contributed by atoms with Crippen LogP contribution in [0.5, 0.6) is 0 Å².